The van der Waals surface area contributed by atoms with E-state index in [-0.39, 0.29) is 23.7 Å². The number of para-hydroxylation sites is 2. The first-order valence-electron chi connectivity index (χ1n) is 6.57. The third-order valence-corrected chi connectivity index (χ3v) is 3.19. The van der Waals surface area contributed by atoms with Crippen molar-refractivity contribution in [1.29, 1.82) is 0 Å². The Morgan fingerprint density at radius 1 is 0.952 bits per heavy atom. The fourth-order valence-corrected chi connectivity index (χ4v) is 2.11. The van der Waals surface area contributed by atoms with E-state index < -0.39 is 0 Å². The molecule has 1 heterocycles. The van der Waals surface area contributed by atoms with Crippen molar-refractivity contribution in [2.24, 2.45) is 0 Å². The molecule has 0 aliphatic carbocycles. The lowest BCUT2D eigenvalue weighted by atomic mass is 10.0. The van der Waals surface area contributed by atoms with E-state index in [4.69, 9.17) is 4.74 Å². The molecule has 0 bridgehead atoms. The number of fused-ring (bicyclic) bond motifs is 1. The summed E-state index contributed by atoms with van der Waals surface area (Å²) in [6, 6.07) is 16.2. The summed E-state index contributed by atoms with van der Waals surface area (Å²) in [4.78, 5) is 24.5. The van der Waals surface area contributed by atoms with E-state index in [2.05, 4.69) is 5.32 Å². The highest BCUT2D eigenvalue weighted by molar-refractivity contribution is 6.28. The molecular formula is C17H13NO3. The fraction of sp³-hybridized carbons (Fsp3) is 0.0588. The molecule has 0 aromatic heterocycles. The maximum atomic E-state index is 12.5. The molecule has 0 fully saturated rings. The van der Waals surface area contributed by atoms with Gasteiger partial charge in [-0.3, -0.25) is 9.59 Å². The minimum Gasteiger partial charge on any atom is -0.485 e. The fourth-order valence-electron chi connectivity index (χ4n) is 2.11. The molecule has 0 radical (unpaired) electrons. The maximum absolute atomic E-state index is 12.5. The number of carbonyl (C=O) groups excluding carboxylic acids is 2. The van der Waals surface area contributed by atoms with E-state index in [0.29, 0.717) is 11.3 Å². The Hall–Kier alpha value is -2.88. The second-order valence-electron chi connectivity index (χ2n) is 4.61. The number of benzene rings is 2. The Kier molecular flexibility index (Phi) is 3.51. The van der Waals surface area contributed by atoms with Gasteiger partial charge in [0, 0.05) is 11.9 Å². The summed E-state index contributed by atoms with van der Waals surface area (Å²) < 4.78 is 5.37. The molecule has 0 spiro atoms. The van der Waals surface area contributed by atoms with Gasteiger partial charge < -0.3 is 10.1 Å². The zero-order valence-corrected chi connectivity index (χ0v) is 11.2. The molecule has 21 heavy (non-hydrogen) atoms. The molecular weight excluding hydrogens is 266 g/mol. The molecule has 1 aliphatic rings. The first-order valence-corrected chi connectivity index (χ1v) is 6.57. The lowest BCUT2D eigenvalue weighted by Crippen LogP contribution is -2.16. The zero-order chi connectivity index (χ0) is 14.7. The average Bonchev–Trinajstić information content (AvgIpc) is 2.65. The SMILES string of the molecule is O=C1COc2ccccc2C(=O)C1=CNc1ccccc1. The Morgan fingerprint density at radius 3 is 2.48 bits per heavy atom. The van der Waals surface area contributed by atoms with Gasteiger partial charge in [-0.2, -0.15) is 0 Å². The lowest BCUT2D eigenvalue weighted by molar-refractivity contribution is -0.117. The number of carbonyl (C=O) groups is 2. The van der Waals surface area contributed by atoms with Gasteiger partial charge in [-0.1, -0.05) is 30.3 Å². The zero-order valence-electron chi connectivity index (χ0n) is 11.2. The standard InChI is InChI=1S/C17H13NO3/c19-15-11-21-16-9-5-4-8-13(16)17(20)14(15)10-18-12-6-2-1-3-7-12/h1-10,18H,11H2. The third kappa shape index (κ3) is 2.69. The number of nitrogens with one attached hydrogen (secondary N) is 1. The molecule has 0 saturated heterocycles. The highest BCUT2D eigenvalue weighted by atomic mass is 16.5. The van der Waals surface area contributed by atoms with Crippen molar-refractivity contribution < 1.29 is 14.3 Å². The molecule has 1 aliphatic heterocycles. The van der Waals surface area contributed by atoms with Crippen molar-refractivity contribution in [1.82, 2.24) is 0 Å². The van der Waals surface area contributed by atoms with Gasteiger partial charge in [0.05, 0.1) is 11.1 Å². The van der Waals surface area contributed by atoms with Gasteiger partial charge in [-0.05, 0) is 24.3 Å². The highest BCUT2D eigenvalue weighted by Crippen LogP contribution is 2.25. The number of ketones is 2. The molecule has 2 aromatic rings. The minimum atomic E-state index is -0.334. The Bertz CT molecular complexity index is 720. The van der Waals surface area contributed by atoms with Crippen LogP contribution in [-0.4, -0.2) is 18.2 Å². The highest BCUT2D eigenvalue weighted by Gasteiger charge is 2.26. The molecule has 4 nitrogen and oxygen atoms in total. The number of hydrogen-bond acceptors (Lipinski definition) is 4. The second kappa shape index (κ2) is 5.63. The lowest BCUT2D eigenvalue weighted by Gasteiger charge is -2.04. The molecule has 0 saturated carbocycles. The predicted octanol–water partition coefficient (Wildman–Crippen LogP) is 2.83. The van der Waals surface area contributed by atoms with Crippen LogP contribution in [0.3, 0.4) is 0 Å². The molecule has 3 rings (SSSR count). The maximum Gasteiger partial charge on any atom is 0.205 e. The molecule has 1 N–H and O–H groups in total. The molecule has 0 atom stereocenters. The second-order valence-corrected chi connectivity index (χ2v) is 4.61. The topological polar surface area (TPSA) is 55.4 Å². The van der Waals surface area contributed by atoms with Crippen LogP contribution in [0.1, 0.15) is 10.4 Å². The van der Waals surface area contributed by atoms with Crippen LogP contribution in [0.25, 0.3) is 0 Å². The van der Waals surface area contributed by atoms with E-state index in [1.165, 1.54) is 6.20 Å². The van der Waals surface area contributed by atoms with Crippen LogP contribution < -0.4 is 10.1 Å². The molecule has 2 aromatic carbocycles. The number of ether oxygens (including phenoxy) is 1. The van der Waals surface area contributed by atoms with Crippen molar-refractivity contribution in [2.75, 3.05) is 11.9 Å². The quantitative estimate of drug-likeness (QED) is 0.678. The Balaban J connectivity index is 1.93. The molecule has 0 amide bonds. The van der Waals surface area contributed by atoms with Gasteiger partial charge in [0.2, 0.25) is 11.6 Å². The van der Waals surface area contributed by atoms with Crippen molar-refractivity contribution in [2.45, 2.75) is 0 Å². The van der Waals surface area contributed by atoms with Gasteiger partial charge in [0.1, 0.15) is 5.75 Å². The van der Waals surface area contributed by atoms with Crippen LogP contribution in [0, 0.1) is 0 Å². The normalized spacial score (nSPS) is 16.1. The number of anilines is 1. The van der Waals surface area contributed by atoms with Crippen LogP contribution >= 0.6 is 0 Å². The van der Waals surface area contributed by atoms with Crippen LogP contribution in [0.5, 0.6) is 5.75 Å². The largest absolute Gasteiger partial charge is 0.485 e. The summed E-state index contributed by atoms with van der Waals surface area (Å²) in [7, 11) is 0. The Labute approximate surface area is 122 Å². The summed E-state index contributed by atoms with van der Waals surface area (Å²) in [6.45, 7) is -0.134. The van der Waals surface area contributed by atoms with Gasteiger partial charge in [-0.15, -0.1) is 0 Å². The first-order chi connectivity index (χ1) is 10.3. The number of rotatable bonds is 2. The predicted molar refractivity (Wildman–Crippen MR) is 79.4 cm³/mol. The van der Waals surface area contributed by atoms with E-state index in [1.807, 2.05) is 30.3 Å². The summed E-state index contributed by atoms with van der Waals surface area (Å²) in [5, 5.41) is 2.97. The summed E-state index contributed by atoms with van der Waals surface area (Å²) in [5.74, 6) is -0.213. The van der Waals surface area contributed by atoms with Crippen LogP contribution in [0.15, 0.2) is 66.4 Å². The number of hydrogen-bond donors (Lipinski definition) is 1. The van der Waals surface area contributed by atoms with Crippen LogP contribution in [-0.2, 0) is 4.79 Å². The summed E-state index contributed by atoms with van der Waals surface area (Å²) in [5.41, 5.74) is 1.32. The molecule has 4 heteroatoms. The van der Waals surface area contributed by atoms with Crippen molar-refractivity contribution in [3.05, 3.63) is 71.9 Å². The van der Waals surface area contributed by atoms with Crippen LogP contribution in [0.4, 0.5) is 5.69 Å². The monoisotopic (exact) mass is 279 g/mol. The van der Waals surface area contributed by atoms with E-state index in [9.17, 15) is 9.59 Å². The first kappa shape index (κ1) is 13.1. The summed E-state index contributed by atoms with van der Waals surface area (Å²) in [6.07, 6.45) is 1.45. The van der Waals surface area contributed by atoms with Gasteiger partial charge in [-0.25, -0.2) is 0 Å². The van der Waals surface area contributed by atoms with E-state index >= 15 is 0 Å². The van der Waals surface area contributed by atoms with Crippen molar-refractivity contribution >= 4 is 17.3 Å². The smallest absolute Gasteiger partial charge is 0.205 e. The van der Waals surface area contributed by atoms with Gasteiger partial charge in [0.15, 0.2) is 6.61 Å². The van der Waals surface area contributed by atoms with Gasteiger partial charge in [0.25, 0.3) is 0 Å². The van der Waals surface area contributed by atoms with Crippen LogP contribution in [0.2, 0.25) is 0 Å². The number of Topliss-reactive ketones (excluding diaryl/α,β-unsaturated/α-hetero) is 2. The van der Waals surface area contributed by atoms with E-state index in [0.717, 1.165) is 5.69 Å². The van der Waals surface area contributed by atoms with Gasteiger partial charge >= 0.3 is 0 Å². The van der Waals surface area contributed by atoms with E-state index in [1.54, 1.807) is 24.3 Å². The third-order valence-electron chi connectivity index (χ3n) is 3.19. The van der Waals surface area contributed by atoms with Crippen molar-refractivity contribution in [3.63, 3.8) is 0 Å². The molecule has 0 unspecified atom stereocenters. The minimum absolute atomic E-state index is 0.101. The Morgan fingerprint density at radius 2 is 1.67 bits per heavy atom. The molecule has 104 valence electrons. The average molecular weight is 279 g/mol. The van der Waals surface area contributed by atoms with Crippen molar-refractivity contribution in [3.8, 4) is 5.75 Å². The summed E-state index contributed by atoms with van der Waals surface area (Å²) >= 11 is 0.